The lowest BCUT2D eigenvalue weighted by atomic mass is 10.1. The summed E-state index contributed by atoms with van der Waals surface area (Å²) in [5, 5.41) is 5.46. The van der Waals surface area contributed by atoms with Gasteiger partial charge in [-0.1, -0.05) is 23.7 Å². The summed E-state index contributed by atoms with van der Waals surface area (Å²) < 4.78 is 43.8. The number of hydrogen-bond donors (Lipinski definition) is 2. The van der Waals surface area contributed by atoms with Crippen LogP contribution in [0.1, 0.15) is 5.56 Å². The third-order valence-electron chi connectivity index (χ3n) is 3.11. The molecule has 0 heterocycles. The van der Waals surface area contributed by atoms with Crippen LogP contribution in [0.25, 0.3) is 0 Å². The number of carbonyl (C=O) groups excluding carboxylic acids is 1. The second-order valence-corrected chi connectivity index (χ2v) is 5.23. The van der Waals surface area contributed by atoms with Crippen molar-refractivity contribution >= 4 is 28.9 Å². The molecular formula is C16H14ClF3N2O2. The number of hydrogen-bond acceptors (Lipinski definition) is 3. The van der Waals surface area contributed by atoms with Gasteiger partial charge in [-0.15, -0.1) is 0 Å². The van der Waals surface area contributed by atoms with E-state index in [2.05, 4.69) is 10.6 Å². The summed E-state index contributed by atoms with van der Waals surface area (Å²) in [6.45, 7) is -0.247. The van der Waals surface area contributed by atoms with Gasteiger partial charge in [0, 0.05) is 5.02 Å². The predicted molar refractivity (Wildman–Crippen MR) is 86.6 cm³/mol. The highest BCUT2D eigenvalue weighted by Gasteiger charge is 2.33. The quantitative estimate of drug-likeness (QED) is 0.832. The molecule has 0 bridgehead atoms. The van der Waals surface area contributed by atoms with E-state index < -0.39 is 17.6 Å². The standard InChI is InChI=1S/C16H14ClF3N2O2/c1-24-14-7-6-10(17)8-13(14)21-9-15(23)22-12-5-3-2-4-11(12)16(18,19)20/h2-8,21H,9H2,1H3,(H,22,23). The van der Waals surface area contributed by atoms with Gasteiger partial charge in [-0.3, -0.25) is 4.79 Å². The number of anilines is 2. The maximum absolute atomic E-state index is 12.9. The molecule has 0 saturated carbocycles. The summed E-state index contributed by atoms with van der Waals surface area (Å²) in [4.78, 5) is 11.9. The first-order valence-electron chi connectivity index (χ1n) is 6.84. The predicted octanol–water partition coefficient (Wildman–Crippen LogP) is 4.42. The fraction of sp³-hybridized carbons (Fsp3) is 0.188. The van der Waals surface area contributed by atoms with Crippen LogP contribution in [-0.2, 0) is 11.0 Å². The Morgan fingerprint density at radius 2 is 1.88 bits per heavy atom. The van der Waals surface area contributed by atoms with Crippen molar-refractivity contribution in [2.45, 2.75) is 6.18 Å². The van der Waals surface area contributed by atoms with Crippen LogP contribution in [-0.4, -0.2) is 19.6 Å². The number of methoxy groups -OCH3 is 1. The highest BCUT2D eigenvalue weighted by molar-refractivity contribution is 6.30. The molecule has 2 aromatic rings. The fourth-order valence-corrected chi connectivity index (χ4v) is 2.20. The second kappa shape index (κ2) is 7.44. The summed E-state index contributed by atoms with van der Waals surface area (Å²) in [6.07, 6.45) is -4.55. The molecule has 4 nitrogen and oxygen atoms in total. The monoisotopic (exact) mass is 358 g/mol. The second-order valence-electron chi connectivity index (χ2n) is 4.79. The highest BCUT2D eigenvalue weighted by atomic mass is 35.5. The zero-order valence-electron chi connectivity index (χ0n) is 12.6. The minimum Gasteiger partial charge on any atom is -0.495 e. The molecule has 0 spiro atoms. The van der Waals surface area contributed by atoms with Gasteiger partial charge in [0.05, 0.1) is 30.6 Å². The summed E-state index contributed by atoms with van der Waals surface area (Å²) in [5.74, 6) is -0.170. The first-order valence-corrected chi connectivity index (χ1v) is 7.22. The number of nitrogens with one attached hydrogen (secondary N) is 2. The molecule has 0 aromatic heterocycles. The van der Waals surface area contributed by atoms with E-state index in [1.807, 2.05) is 0 Å². The van der Waals surface area contributed by atoms with E-state index in [0.29, 0.717) is 16.5 Å². The molecule has 0 atom stereocenters. The molecule has 128 valence electrons. The fourth-order valence-electron chi connectivity index (χ4n) is 2.03. The smallest absolute Gasteiger partial charge is 0.418 e. The molecular weight excluding hydrogens is 345 g/mol. The third kappa shape index (κ3) is 4.55. The lowest BCUT2D eigenvalue weighted by Gasteiger charge is -2.15. The van der Waals surface area contributed by atoms with E-state index in [1.165, 1.54) is 25.3 Å². The molecule has 2 N–H and O–H groups in total. The number of rotatable bonds is 5. The van der Waals surface area contributed by atoms with Gasteiger partial charge in [0.25, 0.3) is 0 Å². The van der Waals surface area contributed by atoms with Crippen molar-refractivity contribution in [2.75, 3.05) is 24.3 Å². The van der Waals surface area contributed by atoms with Crippen molar-refractivity contribution < 1.29 is 22.7 Å². The summed E-state index contributed by atoms with van der Waals surface area (Å²) >= 11 is 5.87. The van der Waals surface area contributed by atoms with Crippen LogP contribution in [0, 0.1) is 0 Å². The molecule has 8 heteroatoms. The van der Waals surface area contributed by atoms with Gasteiger partial charge < -0.3 is 15.4 Å². The van der Waals surface area contributed by atoms with E-state index in [9.17, 15) is 18.0 Å². The van der Waals surface area contributed by atoms with E-state index in [0.717, 1.165) is 6.07 Å². The van der Waals surface area contributed by atoms with E-state index in [-0.39, 0.29) is 12.2 Å². The number of alkyl halides is 3. The summed E-state index contributed by atoms with van der Waals surface area (Å²) in [6, 6.07) is 9.56. The Bertz CT molecular complexity index is 736. The average molecular weight is 359 g/mol. The average Bonchev–Trinajstić information content (AvgIpc) is 2.52. The molecule has 0 saturated heterocycles. The largest absolute Gasteiger partial charge is 0.495 e. The molecule has 2 aromatic carbocycles. The Hall–Kier alpha value is -2.41. The van der Waals surface area contributed by atoms with Crippen LogP contribution >= 0.6 is 11.6 Å². The van der Waals surface area contributed by atoms with E-state index >= 15 is 0 Å². The molecule has 0 aliphatic heterocycles. The van der Waals surface area contributed by atoms with Crippen molar-refractivity contribution in [3.05, 3.63) is 53.1 Å². The van der Waals surface area contributed by atoms with Crippen LogP contribution in [0.5, 0.6) is 5.75 Å². The van der Waals surface area contributed by atoms with Crippen LogP contribution in [0.3, 0.4) is 0 Å². The Balaban J connectivity index is 2.06. The zero-order chi connectivity index (χ0) is 17.7. The van der Waals surface area contributed by atoms with Gasteiger partial charge in [-0.2, -0.15) is 13.2 Å². The minimum absolute atomic E-state index is 0.247. The summed E-state index contributed by atoms with van der Waals surface area (Å²) in [7, 11) is 1.45. The van der Waals surface area contributed by atoms with Crippen molar-refractivity contribution in [2.24, 2.45) is 0 Å². The van der Waals surface area contributed by atoms with Crippen LogP contribution < -0.4 is 15.4 Å². The topological polar surface area (TPSA) is 50.4 Å². The van der Waals surface area contributed by atoms with Crippen molar-refractivity contribution in [3.8, 4) is 5.75 Å². The van der Waals surface area contributed by atoms with Crippen molar-refractivity contribution in [1.82, 2.24) is 0 Å². The number of amides is 1. The number of ether oxygens (including phenoxy) is 1. The number of para-hydroxylation sites is 1. The molecule has 0 fully saturated rings. The summed E-state index contributed by atoms with van der Waals surface area (Å²) in [5.41, 5.74) is -0.738. The van der Waals surface area contributed by atoms with Crippen LogP contribution in [0.2, 0.25) is 5.02 Å². The van der Waals surface area contributed by atoms with Gasteiger partial charge in [0.1, 0.15) is 5.75 Å². The number of halogens is 4. The van der Waals surface area contributed by atoms with Gasteiger partial charge in [0.2, 0.25) is 5.91 Å². The van der Waals surface area contributed by atoms with Crippen LogP contribution in [0.4, 0.5) is 24.5 Å². The maximum atomic E-state index is 12.9. The molecule has 1 amide bonds. The van der Waals surface area contributed by atoms with Crippen molar-refractivity contribution in [1.29, 1.82) is 0 Å². The SMILES string of the molecule is COc1ccc(Cl)cc1NCC(=O)Nc1ccccc1C(F)(F)F. The van der Waals surface area contributed by atoms with Crippen LogP contribution in [0.15, 0.2) is 42.5 Å². The van der Waals surface area contributed by atoms with E-state index in [1.54, 1.807) is 18.2 Å². The molecule has 0 aliphatic rings. The molecule has 0 unspecified atom stereocenters. The maximum Gasteiger partial charge on any atom is 0.418 e. The van der Waals surface area contributed by atoms with Gasteiger partial charge in [0.15, 0.2) is 0 Å². The lowest BCUT2D eigenvalue weighted by Crippen LogP contribution is -2.23. The molecule has 2 rings (SSSR count). The van der Waals surface area contributed by atoms with Gasteiger partial charge in [-0.05, 0) is 30.3 Å². The van der Waals surface area contributed by atoms with Crippen molar-refractivity contribution in [3.63, 3.8) is 0 Å². The Kier molecular flexibility index (Phi) is 5.56. The highest BCUT2D eigenvalue weighted by Crippen LogP contribution is 2.34. The normalized spacial score (nSPS) is 11.0. The Morgan fingerprint density at radius 1 is 1.17 bits per heavy atom. The molecule has 0 radical (unpaired) electrons. The molecule has 24 heavy (non-hydrogen) atoms. The first kappa shape index (κ1) is 17.9. The Labute approximate surface area is 141 Å². The first-order chi connectivity index (χ1) is 11.3. The van der Waals surface area contributed by atoms with Gasteiger partial charge in [-0.25, -0.2) is 0 Å². The number of carbonyl (C=O) groups is 1. The zero-order valence-corrected chi connectivity index (χ0v) is 13.3. The lowest BCUT2D eigenvalue weighted by molar-refractivity contribution is -0.137. The molecule has 0 aliphatic carbocycles. The minimum atomic E-state index is -4.55. The van der Waals surface area contributed by atoms with Gasteiger partial charge >= 0.3 is 6.18 Å². The van der Waals surface area contributed by atoms with E-state index in [4.69, 9.17) is 16.3 Å². The Morgan fingerprint density at radius 3 is 2.54 bits per heavy atom. The third-order valence-corrected chi connectivity index (χ3v) is 3.34. The number of benzene rings is 2.